The van der Waals surface area contributed by atoms with Crippen molar-refractivity contribution in [1.29, 1.82) is 0 Å². The van der Waals surface area contributed by atoms with E-state index < -0.39 is 0 Å². The minimum atomic E-state index is -0.303. The van der Waals surface area contributed by atoms with Crippen LogP contribution in [0.15, 0.2) is 48.1 Å². The zero-order chi connectivity index (χ0) is 12.3. The van der Waals surface area contributed by atoms with Crippen LogP contribution >= 0.6 is 0 Å². The van der Waals surface area contributed by atoms with Gasteiger partial charge in [0.2, 0.25) is 11.6 Å². The van der Waals surface area contributed by atoms with Gasteiger partial charge in [-0.3, -0.25) is 9.59 Å². The number of fused-ring (bicyclic) bond motifs is 1. The van der Waals surface area contributed by atoms with Crippen LogP contribution < -0.4 is 10.4 Å². The number of allylic oxidation sites excluding steroid dienone is 4. The number of hydrogen-bond acceptors (Lipinski definition) is 2. The maximum Gasteiger partial charge on any atom is 0.226 e. The first-order valence-electron chi connectivity index (χ1n) is 6.05. The maximum atomic E-state index is 12.2. The van der Waals surface area contributed by atoms with E-state index in [1.807, 2.05) is 42.5 Å². The number of ketones is 2. The summed E-state index contributed by atoms with van der Waals surface area (Å²) in [6.07, 6.45) is 7.83. The summed E-state index contributed by atoms with van der Waals surface area (Å²) in [5, 5.41) is 1.96. The Balaban J connectivity index is 2.21. The molecule has 1 aromatic rings. The average molecular weight is 234 g/mol. The number of rotatable bonds is 0. The summed E-state index contributed by atoms with van der Waals surface area (Å²) in [5.41, 5.74) is 1.77. The van der Waals surface area contributed by atoms with Crippen LogP contribution in [0, 0.1) is 11.8 Å². The van der Waals surface area contributed by atoms with Crippen LogP contribution in [0.25, 0.3) is 11.6 Å². The summed E-state index contributed by atoms with van der Waals surface area (Å²) < 4.78 is 0. The molecule has 3 aliphatic carbocycles. The lowest BCUT2D eigenvalue weighted by Crippen LogP contribution is -2.34. The van der Waals surface area contributed by atoms with Gasteiger partial charge in [-0.15, -0.1) is 0 Å². The summed E-state index contributed by atoms with van der Waals surface area (Å²) in [6.45, 7) is 0. The molecule has 0 heterocycles. The zero-order valence-corrected chi connectivity index (χ0v) is 9.59. The Hall–Kier alpha value is -2.22. The molecule has 4 rings (SSSR count). The molecule has 3 aliphatic rings. The molecule has 1 aromatic carbocycles. The fraction of sp³-hybridized carbons (Fsp3) is 0.125. The van der Waals surface area contributed by atoms with Crippen LogP contribution in [0.4, 0.5) is 0 Å². The topological polar surface area (TPSA) is 34.1 Å². The predicted octanol–water partition coefficient (Wildman–Crippen LogP) is 0.512. The van der Waals surface area contributed by atoms with Crippen molar-refractivity contribution in [3.8, 4) is 0 Å². The lowest BCUT2D eigenvalue weighted by atomic mass is 9.79. The molecule has 0 N–H and O–H groups in total. The molecule has 86 valence electrons. The Bertz CT molecular complexity index is 778. The largest absolute Gasteiger partial charge is 0.290 e. The molecule has 18 heavy (non-hydrogen) atoms. The van der Waals surface area contributed by atoms with Crippen LogP contribution in [-0.2, 0) is 9.59 Å². The number of carbonyl (C=O) groups is 2. The van der Waals surface area contributed by atoms with Crippen LogP contribution in [0.3, 0.4) is 0 Å². The quantitative estimate of drug-likeness (QED) is 0.613. The van der Waals surface area contributed by atoms with Gasteiger partial charge in [-0.25, -0.2) is 0 Å². The second kappa shape index (κ2) is 3.16. The highest BCUT2D eigenvalue weighted by Crippen LogP contribution is 2.41. The van der Waals surface area contributed by atoms with Crippen molar-refractivity contribution in [3.05, 3.63) is 58.5 Å². The minimum Gasteiger partial charge on any atom is -0.290 e. The first-order valence-corrected chi connectivity index (χ1v) is 6.05. The molecule has 0 amide bonds. The third-order valence-electron chi connectivity index (χ3n) is 3.98. The molecule has 0 aromatic heterocycles. The second-order valence-electron chi connectivity index (χ2n) is 4.89. The molecular formula is C16H10O2. The Morgan fingerprint density at radius 2 is 1.89 bits per heavy atom. The Labute approximate surface area is 104 Å². The molecule has 2 nitrogen and oxygen atoms in total. The molecular weight excluding hydrogens is 224 g/mol. The first-order chi connectivity index (χ1) is 8.77. The van der Waals surface area contributed by atoms with Crippen LogP contribution in [-0.4, -0.2) is 11.6 Å². The molecule has 0 aliphatic heterocycles. The van der Waals surface area contributed by atoms with E-state index in [0.717, 1.165) is 16.0 Å². The highest BCUT2D eigenvalue weighted by molar-refractivity contribution is 6.56. The predicted molar refractivity (Wildman–Crippen MR) is 67.8 cm³/mol. The van der Waals surface area contributed by atoms with E-state index >= 15 is 0 Å². The lowest BCUT2D eigenvalue weighted by Gasteiger charge is -2.23. The van der Waals surface area contributed by atoms with Gasteiger partial charge in [0, 0.05) is 11.5 Å². The van der Waals surface area contributed by atoms with Crippen LogP contribution in [0.5, 0.6) is 0 Å². The van der Waals surface area contributed by atoms with Crippen molar-refractivity contribution < 1.29 is 9.59 Å². The summed E-state index contributed by atoms with van der Waals surface area (Å²) in [5.74, 6) is -0.896. The van der Waals surface area contributed by atoms with Crippen molar-refractivity contribution >= 4 is 23.2 Å². The third kappa shape index (κ3) is 1.03. The van der Waals surface area contributed by atoms with Gasteiger partial charge in [-0.1, -0.05) is 48.6 Å². The van der Waals surface area contributed by atoms with E-state index in [1.54, 1.807) is 0 Å². The number of Topliss-reactive ketones (excluding diaryl/α,β-unsaturated/α-hetero) is 2. The molecule has 2 atom stereocenters. The van der Waals surface area contributed by atoms with Gasteiger partial charge in [0.25, 0.3) is 0 Å². The Kier molecular flexibility index (Phi) is 1.72. The van der Waals surface area contributed by atoms with Crippen LogP contribution in [0.1, 0.15) is 0 Å². The highest BCUT2D eigenvalue weighted by atomic mass is 16.2. The molecule has 1 saturated carbocycles. The zero-order valence-electron chi connectivity index (χ0n) is 9.59. The average Bonchev–Trinajstić information content (AvgIpc) is 2.66. The van der Waals surface area contributed by atoms with E-state index in [2.05, 4.69) is 6.08 Å². The third-order valence-corrected chi connectivity index (χ3v) is 3.98. The number of hydrogen-bond donors (Lipinski definition) is 0. The van der Waals surface area contributed by atoms with E-state index in [0.29, 0.717) is 5.57 Å². The van der Waals surface area contributed by atoms with Crippen molar-refractivity contribution in [1.82, 2.24) is 0 Å². The molecule has 0 saturated heterocycles. The number of carbonyl (C=O) groups excluding carboxylic acids is 2. The molecule has 0 radical (unpaired) electrons. The van der Waals surface area contributed by atoms with E-state index in [9.17, 15) is 9.59 Å². The van der Waals surface area contributed by atoms with Gasteiger partial charge in [0.05, 0.1) is 5.92 Å². The summed E-state index contributed by atoms with van der Waals surface area (Å²) in [7, 11) is 0. The van der Waals surface area contributed by atoms with Crippen molar-refractivity contribution in [2.45, 2.75) is 0 Å². The summed E-state index contributed by atoms with van der Waals surface area (Å²) >= 11 is 0. The number of benzene rings is 1. The fourth-order valence-corrected chi connectivity index (χ4v) is 3.19. The van der Waals surface area contributed by atoms with Crippen LogP contribution in [0.2, 0.25) is 0 Å². The van der Waals surface area contributed by atoms with Gasteiger partial charge < -0.3 is 0 Å². The van der Waals surface area contributed by atoms with Gasteiger partial charge in [0.1, 0.15) is 0 Å². The fourth-order valence-electron chi connectivity index (χ4n) is 3.19. The summed E-state index contributed by atoms with van der Waals surface area (Å²) in [4.78, 5) is 24.2. The smallest absolute Gasteiger partial charge is 0.226 e. The highest BCUT2D eigenvalue weighted by Gasteiger charge is 2.47. The first kappa shape index (κ1) is 9.77. The van der Waals surface area contributed by atoms with E-state index in [1.165, 1.54) is 0 Å². The monoisotopic (exact) mass is 234 g/mol. The lowest BCUT2D eigenvalue weighted by molar-refractivity contribution is -0.133. The summed E-state index contributed by atoms with van der Waals surface area (Å²) in [6, 6.07) is 7.79. The molecule has 1 fully saturated rings. The SMILES string of the molecule is O=C1C(=O)C2C=CC=C3C=c4ccccc4=C1C32. The minimum absolute atomic E-state index is 0.0510. The Morgan fingerprint density at radius 3 is 2.78 bits per heavy atom. The van der Waals surface area contributed by atoms with E-state index in [-0.39, 0.29) is 23.4 Å². The van der Waals surface area contributed by atoms with Gasteiger partial charge in [0.15, 0.2) is 0 Å². The van der Waals surface area contributed by atoms with Crippen molar-refractivity contribution in [2.24, 2.45) is 11.8 Å². The normalized spacial score (nSPS) is 27.6. The molecule has 0 bridgehead atoms. The molecule has 0 spiro atoms. The van der Waals surface area contributed by atoms with Crippen molar-refractivity contribution in [3.63, 3.8) is 0 Å². The molecule has 2 unspecified atom stereocenters. The van der Waals surface area contributed by atoms with Gasteiger partial charge in [-0.2, -0.15) is 0 Å². The molecule has 2 heteroatoms. The van der Waals surface area contributed by atoms with Gasteiger partial charge >= 0.3 is 0 Å². The van der Waals surface area contributed by atoms with Gasteiger partial charge in [-0.05, 0) is 16.0 Å². The second-order valence-corrected chi connectivity index (χ2v) is 4.89. The van der Waals surface area contributed by atoms with Crippen molar-refractivity contribution in [2.75, 3.05) is 0 Å². The Morgan fingerprint density at radius 1 is 1.06 bits per heavy atom. The van der Waals surface area contributed by atoms with E-state index in [4.69, 9.17) is 0 Å². The maximum absolute atomic E-state index is 12.2. The standard InChI is InChI=1S/C16H10O2/c17-15-12-7-3-5-10-8-9-4-1-2-6-11(9)14(13(10)12)16(15)18/h1-8,12-13H.